The third-order valence-electron chi connectivity index (χ3n) is 2.55. The van der Waals surface area contributed by atoms with Gasteiger partial charge < -0.3 is 15.2 Å². The highest BCUT2D eigenvalue weighted by Gasteiger charge is 2.27. The first-order valence-corrected chi connectivity index (χ1v) is 5.24. The van der Waals surface area contributed by atoms with Gasteiger partial charge in [-0.3, -0.25) is 0 Å². The highest BCUT2D eigenvalue weighted by Crippen LogP contribution is 2.35. The third kappa shape index (κ3) is 5.24. The van der Waals surface area contributed by atoms with Crippen LogP contribution in [0.5, 0.6) is 0 Å². The van der Waals surface area contributed by atoms with E-state index < -0.39 is 0 Å². The molecule has 0 aromatic heterocycles. The third-order valence-corrected chi connectivity index (χ3v) is 2.55. The maximum absolute atomic E-state index is 8.45. The first kappa shape index (κ1) is 11.0. The van der Waals surface area contributed by atoms with Gasteiger partial charge in [-0.05, 0) is 31.2 Å². The van der Waals surface area contributed by atoms with E-state index in [1.54, 1.807) is 0 Å². The van der Waals surface area contributed by atoms with E-state index in [4.69, 9.17) is 9.84 Å². The summed E-state index contributed by atoms with van der Waals surface area (Å²) in [6.45, 7) is 5.60. The first-order valence-electron chi connectivity index (χ1n) is 5.24. The van der Waals surface area contributed by atoms with E-state index in [1.807, 2.05) is 0 Å². The molecule has 3 nitrogen and oxygen atoms in total. The minimum absolute atomic E-state index is 0.123. The summed E-state index contributed by atoms with van der Waals surface area (Å²) in [5, 5.41) is 11.8. The second kappa shape index (κ2) is 6.35. The number of hydrogen-bond donors (Lipinski definition) is 2. The van der Waals surface area contributed by atoms with Crippen LogP contribution >= 0.6 is 0 Å². The zero-order chi connectivity index (χ0) is 9.52. The van der Waals surface area contributed by atoms with Crippen LogP contribution in [-0.2, 0) is 4.74 Å². The Morgan fingerprint density at radius 1 is 1.46 bits per heavy atom. The maximum Gasteiger partial charge on any atom is 0.0698 e. The molecule has 1 aliphatic carbocycles. The monoisotopic (exact) mass is 187 g/mol. The molecule has 0 bridgehead atoms. The summed E-state index contributed by atoms with van der Waals surface area (Å²) in [4.78, 5) is 0. The number of rotatable bonds is 8. The molecule has 2 N–H and O–H groups in total. The summed E-state index contributed by atoms with van der Waals surface area (Å²) in [6, 6.07) is 0. The van der Waals surface area contributed by atoms with Crippen molar-refractivity contribution in [1.29, 1.82) is 0 Å². The number of hydrogen-bond acceptors (Lipinski definition) is 3. The normalized spacial score (nSPS) is 18.9. The van der Waals surface area contributed by atoms with Gasteiger partial charge in [-0.2, -0.15) is 0 Å². The van der Waals surface area contributed by atoms with E-state index >= 15 is 0 Å². The smallest absolute Gasteiger partial charge is 0.0698 e. The average Bonchev–Trinajstić information content (AvgIpc) is 2.93. The van der Waals surface area contributed by atoms with Crippen LogP contribution < -0.4 is 5.32 Å². The highest BCUT2D eigenvalue weighted by molar-refractivity contribution is 4.79. The Bertz CT molecular complexity index is 126. The lowest BCUT2D eigenvalue weighted by Crippen LogP contribution is -2.26. The Balaban J connectivity index is 1.77. The van der Waals surface area contributed by atoms with Crippen molar-refractivity contribution >= 4 is 0 Å². The molecule has 1 rings (SSSR count). The van der Waals surface area contributed by atoms with Crippen molar-refractivity contribution in [1.82, 2.24) is 5.32 Å². The molecule has 78 valence electrons. The zero-order valence-corrected chi connectivity index (χ0v) is 8.46. The number of ether oxygens (including phenoxy) is 1. The predicted octanol–water partition coefficient (Wildman–Crippen LogP) is 0.631. The van der Waals surface area contributed by atoms with E-state index in [-0.39, 0.29) is 6.61 Å². The van der Waals surface area contributed by atoms with Crippen molar-refractivity contribution in [3.63, 3.8) is 0 Å². The van der Waals surface area contributed by atoms with E-state index in [9.17, 15) is 0 Å². The summed E-state index contributed by atoms with van der Waals surface area (Å²) in [6.07, 6.45) is 2.84. The predicted molar refractivity (Wildman–Crippen MR) is 52.7 cm³/mol. The fourth-order valence-electron chi connectivity index (χ4n) is 1.47. The van der Waals surface area contributed by atoms with E-state index in [0.717, 1.165) is 24.9 Å². The van der Waals surface area contributed by atoms with Crippen LogP contribution in [0.1, 0.15) is 19.8 Å². The second-order valence-corrected chi connectivity index (χ2v) is 3.85. The van der Waals surface area contributed by atoms with Gasteiger partial charge >= 0.3 is 0 Å². The summed E-state index contributed by atoms with van der Waals surface area (Å²) in [5.74, 6) is 1.80. The van der Waals surface area contributed by atoms with Crippen LogP contribution in [0.3, 0.4) is 0 Å². The van der Waals surface area contributed by atoms with Crippen molar-refractivity contribution in [2.75, 3.05) is 32.9 Å². The van der Waals surface area contributed by atoms with Crippen molar-refractivity contribution < 1.29 is 9.84 Å². The Morgan fingerprint density at radius 2 is 2.23 bits per heavy atom. The summed E-state index contributed by atoms with van der Waals surface area (Å²) in [7, 11) is 0. The standard InChI is InChI=1S/C10H21NO2/c1-9(10-2-3-10)8-11-4-6-13-7-5-12/h9-12H,2-8H2,1H3. The molecule has 0 saturated heterocycles. The Hall–Kier alpha value is -0.120. The summed E-state index contributed by atoms with van der Waals surface area (Å²) in [5.41, 5.74) is 0. The molecule has 1 fully saturated rings. The molecule has 0 radical (unpaired) electrons. The van der Waals surface area contributed by atoms with Crippen LogP contribution in [0.2, 0.25) is 0 Å². The van der Waals surface area contributed by atoms with Gasteiger partial charge in [-0.25, -0.2) is 0 Å². The molecular formula is C10H21NO2. The molecule has 0 aromatic rings. The topological polar surface area (TPSA) is 41.5 Å². The van der Waals surface area contributed by atoms with Crippen LogP contribution in [-0.4, -0.2) is 38.0 Å². The fourth-order valence-corrected chi connectivity index (χ4v) is 1.47. The summed E-state index contributed by atoms with van der Waals surface area (Å²) < 4.78 is 5.13. The lowest BCUT2D eigenvalue weighted by Gasteiger charge is -2.10. The zero-order valence-electron chi connectivity index (χ0n) is 8.46. The van der Waals surface area contributed by atoms with Crippen molar-refractivity contribution in [3.05, 3.63) is 0 Å². The molecule has 0 aromatic carbocycles. The molecule has 1 saturated carbocycles. The molecule has 1 atom stereocenters. The lowest BCUT2D eigenvalue weighted by molar-refractivity contribution is 0.0934. The lowest BCUT2D eigenvalue weighted by atomic mass is 10.1. The largest absolute Gasteiger partial charge is 0.394 e. The highest BCUT2D eigenvalue weighted by atomic mass is 16.5. The van der Waals surface area contributed by atoms with Gasteiger partial charge in [0.05, 0.1) is 19.8 Å². The first-order chi connectivity index (χ1) is 6.34. The SMILES string of the molecule is CC(CNCCOCCO)C1CC1. The van der Waals surface area contributed by atoms with Crippen molar-refractivity contribution in [3.8, 4) is 0 Å². The van der Waals surface area contributed by atoms with E-state index in [0.29, 0.717) is 13.2 Å². The van der Waals surface area contributed by atoms with Gasteiger partial charge in [0.15, 0.2) is 0 Å². The van der Waals surface area contributed by atoms with Gasteiger partial charge in [-0.1, -0.05) is 6.92 Å². The van der Waals surface area contributed by atoms with Gasteiger partial charge in [0.1, 0.15) is 0 Å². The van der Waals surface area contributed by atoms with Crippen molar-refractivity contribution in [2.45, 2.75) is 19.8 Å². The maximum atomic E-state index is 8.45. The molecule has 0 amide bonds. The second-order valence-electron chi connectivity index (χ2n) is 3.85. The van der Waals surface area contributed by atoms with Crippen LogP contribution in [0.25, 0.3) is 0 Å². The van der Waals surface area contributed by atoms with Crippen LogP contribution in [0.4, 0.5) is 0 Å². The molecule has 3 heteroatoms. The van der Waals surface area contributed by atoms with Crippen LogP contribution in [0.15, 0.2) is 0 Å². The molecule has 0 spiro atoms. The quantitative estimate of drug-likeness (QED) is 0.548. The van der Waals surface area contributed by atoms with Gasteiger partial charge in [-0.15, -0.1) is 0 Å². The molecule has 1 aliphatic rings. The molecule has 1 unspecified atom stereocenters. The minimum Gasteiger partial charge on any atom is -0.394 e. The van der Waals surface area contributed by atoms with Gasteiger partial charge in [0.2, 0.25) is 0 Å². The molecule has 0 heterocycles. The Labute approximate surface area is 80.5 Å². The van der Waals surface area contributed by atoms with Crippen LogP contribution in [0, 0.1) is 11.8 Å². The van der Waals surface area contributed by atoms with E-state index in [1.165, 1.54) is 12.8 Å². The number of aliphatic hydroxyl groups excluding tert-OH is 1. The number of aliphatic hydroxyl groups is 1. The average molecular weight is 187 g/mol. The Kier molecular flexibility index (Phi) is 5.35. The summed E-state index contributed by atoms with van der Waals surface area (Å²) >= 11 is 0. The Morgan fingerprint density at radius 3 is 2.85 bits per heavy atom. The van der Waals surface area contributed by atoms with E-state index in [2.05, 4.69) is 12.2 Å². The molecule has 0 aliphatic heterocycles. The minimum atomic E-state index is 0.123. The fraction of sp³-hybridized carbons (Fsp3) is 1.00. The molecular weight excluding hydrogens is 166 g/mol. The number of nitrogens with one attached hydrogen (secondary N) is 1. The molecule has 13 heavy (non-hydrogen) atoms. The van der Waals surface area contributed by atoms with Gasteiger partial charge in [0.25, 0.3) is 0 Å². The van der Waals surface area contributed by atoms with Gasteiger partial charge in [0, 0.05) is 6.54 Å². The van der Waals surface area contributed by atoms with Crippen molar-refractivity contribution in [2.24, 2.45) is 11.8 Å².